The standard InChI is InChI=1S/C10H10Cl2O2/c1-13-7-2-3-8(9(11)4-7)10(12)5-14-6-10/h2-4H,5-6H2,1H3. The number of hydrogen-bond acceptors (Lipinski definition) is 2. The van der Waals surface area contributed by atoms with Gasteiger partial charge in [0.15, 0.2) is 0 Å². The van der Waals surface area contributed by atoms with E-state index in [4.69, 9.17) is 32.7 Å². The van der Waals surface area contributed by atoms with Gasteiger partial charge in [0.2, 0.25) is 0 Å². The number of halogens is 2. The number of methoxy groups -OCH3 is 1. The second-order valence-electron chi connectivity index (χ2n) is 3.30. The van der Waals surface area contributed by atoms with Crippen LogP contribution < -0.4 is 4.74 Å². The largest absolute Gasteiger partial charge is 0.497 e. The molecule has 14 heavy (non-hydrogen) atoms. The molecule has 2 nitrogen and oxygen atoms in total. The zero-order valence-electron chi connectivity index (χ0n) is 7.72. The Morgan fingerprint density at radius 2 is 2.14 bits per heavy atom. The summed E-state index contributed by atoms with van der Waals surface area (Å²) in [6.07, 6.45) is 0. The summed E-state index contributed by atoms with van der Waals surface area (Å²) in [5.41, 5.74) is 0.910. The average molecular weight is 233 g/mol. The van der Waals surface area contributed by atoms with E-state index in [9.17, 15) is 0 Å². The fourth-order valence-corrected chi connectivity index (χ4v) is 2.14. The van der Waals surface area contributed by atoms with Crippen molar-refractivity contribution in [2.45, 2.75) is 4.87 Å². The molecule has 1 aromatic carbocycles. The minimum Gasteiger partial charge on any atom is -0.497 e. The summed E-state index contributed by atoms with van der Waals surface area (Å²) in [6.45, 7) is 1.03. The van der Waals surface area contributed by atoms with Crippen LogP contribution in [0.15, 0.2) is 18.2 Å². The molecule has 0 spiro atoms. The Balaban J connectivity index is 2.35. The first-order chi connectivity index (χ1) is 6.65. The van der Waals surface area contributed by atoms with Gasteiger partial charge < -0.3 is 9.47 Å². The van der Waals surface area contributed by atoms with Gasteiger partial charge in [-0.25, -0.2) is 0 Å². The molecule has 2 rings (SSSR count). The Kier molecular flexibility index (Phi) is 2.60. The fraction of sp³-hybridized carbons (Fsp3) is 0.400. The highest BCUT2D eigenvalue weighted by atomic mass is 35.5. The van der Waals surface area contributed by atoms with E-state index < -0.39 is 4.87 Å². The monoisotopic (exact) mass is 232 g/mol. The van der Waals surface area contributed by atoms with Gasteiger partial charge in [-0.05, 0) is 17.7 Å². The van der Waals surface area contributed by atoms with E-state index >= 15 is 0 Å². The third kappa shape index (κ3) is 1.58. The van der Waals surface area contributed by atoms with Gasteiger partial charge in [-0.1, -0.05) is 17.7 Å². The van der Waals surface area contributed by atoms with Gasteiger partial charge in [-0.3, -0.25) is 0 Å². The highest BCUT2D eigenvalue weighted by Gasteiger charge is 2.39. The Labute approximate surface area is 92.7 Å². The lowest BCUT2D eigenvalue weighted by Gasteiger charge is -2.36. The Bertz CT molecular complexity index is 348. The maximum Gasteiger partial charge on any atom is 0.120 e. The van der Waals surface area contributed by atoms with Crippen LogP contribution in [-0.4, -0.2) is 20.3 Å². The van der Waals surface area contributed by atoms with E-state index in [0.29, 0.717) is 18.2 Å². The van der Waals surface area contributed by atoms with Crippen molar-refractivity contribution in [3.8, 4) is 5.75 Å². The molecule has 0 aliphatic carbocycles. The first-order valence-corrected chi connectivity index (χ1v) is 5.02. The highest BCUT2D eigenvalue weighted by molar-refractivity contribution is 6.33. The molecule has 1 saturated heterocycles. The van der Waals surface area contributed by atoms with Gasteiger partial charge in [0, 0.05) is 5.02 Å². The Hall–Kier alpha value is -0.440. The number of benzene rings is 1. The molecule has 0 radical (unpaired) electrons. The maximum absolute atomic E-state index is 6.28. The lowest BCUT2D eigenvalue weighted by molar-refractivity contribution is -0.0151. The first-order valence-electron chi connectivity index (χ1n) is 4.26. The maximum atomic E-state index is 6.28. The van der Waals surface area contributed by atoms with E-state index in [1.807, 2.05) is 12.1 Å². The van der Waals surface area contributed by atoms with Crippen LogP contribution in [0.2, 0.25) is 5.02 Å². The predicted molar refractivity (Wildman–Crippen MR) is 56.4 cm³/mol. The van der Waals surface area contributed by atoms with Crippen LogP contribution in [-0.2, 0) is 9.61 Å². The quantitative estimate of drug-likeness (QED) is 0.731. The van der Waals surface area contributed by atoms with Crippen LogP contribution in [0.3, 0.4) is 0 Å². The van der Waals surface area contributed by atoms with Crippen LogP contribution in [0.4, 0.5) is 0 Å². The highest BCUT2D eigenvalue weighted by Crippen LogP contribution is 2.41. The lowest BCUT2D eigenvalue weighted by Crippen LogP contribution is -2.41. The van der Waals surface area contributed by atoms with Crippen molar-refractivity contribution < 1.29 is 9.47 Å². The minimum atomic E-state index is -0.441. The van der Waals surface area contributed by atoms with Crippen molar-refractivity contribution >= 4 is 23.2 Å². The van der Waals surface area contributed by atoms with E-state index in [2.05, 4.69) is 0 Å². The van der Waals surface area contributed by atoms with Crippen LogP contribution in [0.25, 0.3) is 0 Å². The van der Waals surface area contributed by atoms with Crippen molar-refractivity contribution in [2.24, 2.45) is 0 Å². The molecule has 0 unspecified atom stereocenters. The molecule has 1 aliphatic heterocycles. The predicted octanol–water partition coefficient (Wildman–Crippen LogP) is 2.81. The van der Waals surface area contributed by atoms with Gasteiger partial charge in [0.25, 0.3) is 0 Å². The molecular formula is C10H10Cl2O2. The van der Waals surface area contributed by atoms with Gasteiger partial charge in [-0.2, -0.15) is 0 Å². The van der Waals surface area contributed by atoms with Crippen molar-refractivity contribution in [2.75, 3.05) is 20.3 Å². The summed E-state index contributed by atoms with van der Waals surface area (Å²) in [7, 11) is 1.61. The lowest BCUT2D eigenvalue weighted by atomic mass is 9.96. The van der Waals surface area contributed by atoms with E-state index in [1.165, 1.54) is 0 Å². The second kappa shape index (κ2) is 3.61. The van der Waals surface area contributed by atoms with Gasteiger partial charge >= 0.3 is 0 Å². The van der Waals surface area contributed by atoms with Gasteiger partial charge in [0.1, 0.15) is 10.6 Å². The summed E-state index contributed by atoms with van der Waals surface area (Å²) in [5.74, 6) is 0.735. The molecule has 1 heterocycles. The SMILES string of the molecule is COc1ccc(C2(Cl)COC2)c(Cl)c1. The molecule has 1 fully saturated rings. The molecule has 1 aliphatic rings. The van der Waals surface area contributed by atoms with Gasteiger partial charge in [-0.15, -0.1) is 11.6 Å². The third-order valence-corrected chi connectivity index (χ3v) is 3.06. The van der Waals surface area contributed by atoms with Crippen LogP contribution in [0.5, 0.6) is 5.75 Å². The molecular weight excluding hydrogens is 223 g/mol. The summed E-state index contributed by atoms with van der Waals surface area (Å²) in [5, 5.41) is 0.627. The third-order valence-electron chi connectivity index (χ3n) is 2.32. The number of alkyl halides is 1. The molecule has 4 heteroatoms. The Morgan fingerprint density at radius 1 is 1.43 bits per heavy atom. The van der Waals surface area contributed by atoms with Gasteiger partial charge in [0.05, 0.1) is 20.3 Å². The van der Waals surface area contributed by atoms with Crippen molar-refractivity contribution in [1.29, 1.82) is 0 Å². The number of ether oxygens (including phenoxy) is 2. The fourth-order valence-electron chi connectivity index (χ4n) is 1.42. The molecule has 1 aromatic rings. The molecule has 0 aromatic heterocycles. The van der Waals surface area contributed by atoms with Crippen molar-refractivity contribution in [1.82, 2.24) is 0 Å². The van der Waals surface area contributed by atoms with Crippen LogP contribution in [0.1, 0.15) is 5.56 Å². The van der Waals surface area contributed by atoms with Crippen molar-refractivity contribution in [3.63, 3.8) is 0 Å². The molecule has 76 valence electrons. The van der Waals surface area contributed by atoms with E-state index in [1.54, 1.807) is 13.2 Å². The molecule has 0 amide bonds. The average Bonchev–Trinajstić information content (AvgIpc) is 2.14. The molecule has 0 saturated carbocycles. The summed E-state index contributed by atoms with van der Waals surface area (Å²) in [6, 6.07) is 5.50. The minimum absolute atomic E-state index is 0.441. The first kappa shape index (κ1) is 10.1. The van der Waals surface area contributed by atoms with Crippen LogP contribution >= 0.6 is 23.2 Å². The normalized spacial score (nSPS) is 18.8. The number of hydrogen-bond donors (Lipinski definition) is 0. The summed E-state index contributed by atoms with van der Waals surface area (Å²) >= 11 is 12.4. The Morgan fingerprint density at radius 3 is 2.57 bits per heavy atom. The molecule has 0 atom stereocenters. The zero-order valence-corrected chi connectivity index (χ0v) is 9.23. The summed E-state index contributed by atoms with van der Waals surface area (Å²) < 4.78 is 10.1. The smallest absolute Gasteiger partial charge is 0.120 e. The zero-order chi connectivity index (χ0) is 10.2. The number of rotatable bonds is 2. The topological polar surface area (TPSA) is 18.5 Å². The van der Waals surface area contributed by atoms with Crippen molar-refractivity contribution in [3.05, 3.63) is 28.8 Å². The molecule has 0 bridgehead atoms. The van der Waals surface area contributed by atoms with E-state index in [0.717, 1.165) is 11.3 Å². The van der Waals surface area contributed by atoms with E-state index in [-0.39, 0.29) is 0 Å². The van der Waals surface area contributed by atoms with Crippen LogP contribution in [0, 0.1) is 0 Å². The second-order valence-corrected chi connectivity index (χ2v) is 4.43. The summed E-state index contributed by atoms with van der Waals surface area (Å²) in [4.78, 5) is -0.441. The molecule has 0 N–H and O–H groups in total.